The first-order valence-electron chi connectivity index (χ1n) is 5.03. The lowest BCUT2D eigenvalue weighted by atomic mass is 10.1. The molecule has 4 nitrogen and oxygen atoms in total. The summed E-state index contributed by atoms with van der Waals surface area (Å²) in [6, 6.07) is 1.58. The summed E-state index contributed by atoms with van der Waals surface area (Å²) < 4.78 is 0. The van der Waals surface area contributed by atoms with E-state index in [1.54, 1.807) is 11.4 Å². The van der Waals surface area contributed by atoms with Crippen LogP contribution >= 0.6 is 11.3 Å². The average Bonchev–Trinajstić information content (AvgIpc) is 2.59. The second-order valence-electron chi connectivity index (χ2n) is 4.51. The van der Waals surface area contributed by atoms with E-state index >= 15 is 0 Å². The Bertz CT molecular complexity index is 391. The van der Waals surface area contributed by atoms with Crippen LogP contribution in [0, 0.1) is 10.1 Å². The standard InChI is InChI=1S/C11H16N2O2S/c1-11(2,3)12-6-4-5-9-7-10(13(14)15)16-8-9/h4-5,7-8,12H,6H2,1-3H3. The number of rotatable bonds is 4. The molecule has 1 rings (SSSR count). The highest BCUT2D eigenvalue weighted by Gasteiger charge is 2.08. The van der Waals surface area contributed by atoms with Gasteiger partial charge >= 0.3 is 5.00 Å². The molecule has 0 unspecified atom stereocenters. The molecule has 0 aliphatic rings. The number of thiophene rings is 1. The van der Waals surface area contributed by atoms with Crippen molar-refractivity contribution >= 4 is 22.4 Å². The zero-order valence-corrected chi connectivity index (χ0v) is 10.5. The van der Waals surface area contributed by atoms with Gasteiger partial charge in [0.25, 0.3) is 0 Å². The summed E-state index contributed by atoms with van der Waals surface area (Å²) in [4.78, 5) is 10.1. The number of hydrogen-bond donors (Lipinski definition) is 1. The van der Waals surface area contributed by atoms with E-state index in [1.807, 2.05) is 12.2 Å². The minimum absolute atomic E-state index is 0.0883. The largest absolute Gasteiger partial charge is 0.324 e. The van der Waals surface area contributed by atoms with Crippen LogP contribution in [-0.4, -0.2) is 17.0 Å². The van der Waals surface area contributed by atoms with Crippen molar-refractivity contribution in [2.75, 3.05) is 6.54 Å². The maximum Gasteiger partial charge on any atom is 0.324 e. The molecule has 0 saturated heterocycles. The highest BCUT2D eigenvalue weighted by atomic mass is 32.1. The minimum Gasteiger partial charge on any atom is -0.309 e. The molecule has 0 saturated carbocycles. The monoisotopic (exact) mass is 240 g/mol. The van der Waals surface area contributed by atoms with Gasteiger partial charge in [0.05, 0.1) is 4.92 Å². The number of nitrogens with one attached hydrogen (secondary N) is 1. The summed E-state index contributed by atoms with van der Waals surface area (Å²) in [5.74, 6) is 0. The summed E-state index contributed by atoms with van der Waals surface area (Å²) in [5, 5.41) is 15.7. The fourth-order valence-electron chi connectivity index (χ4n) is 1.08. The molecular weight excluding hydrogens is 224 g/mol. The second kappa shape index (κ2) is 5.23. The Hall–Kier alpha value is -1.20. The SMILES string of the molecule is CC(C)(C)NCC=Cc1csc([N+](=O)[O-])c1. The first-order chi connectivity index (χ1) is 7.38. The van der Waals surface area contributed by atoms with Gasteiger partial charge in [0, 0.05) is 23.5 Å². The van der Waals surface area contributed by atoms with Gasteiger partial charge in [-0.05, 0) is 26.3 Å². The molecule has 5 heteroatoms. The van der Waals surface area contributed by atoms with Crippen LogP contribution in [0.5, 0.6) is 0 Å². The molecule has 1 aromatic rings. The van der Waals surface area contributed by atoms with E-state index in [0.717, 1.165) is 23.4 Å². The number of hydrogen-bond acceptors (Lipinski definition) is 4. The van der Waals surface area contributed by atoms with E-state index in [9.17, 15) is 10.1 Å². The van der Waals surface area contributed by atoms with E-state index < -0.39 is 0 Å². The number of nitrogens with zero attached hydrogens (tertiary/aromatic N) is 1. The Kier molecular flexibility index (Phi) is 4.20. The Morgan fingerprint density at radius 2 is 2.25 bits per heavy atom. The fraction of sp³-hybridized carbons (Fsp3) is 0.455. The van der Waals surface area contributed by atoms with Crippen molar-refractivity contribution in [3.63, 3.8) is 0 Å². The first-order valence-corrected chi connectivity index (χ1v) is 5.91. The van der Waals surface area contributed by atoms with Gasteiger partial charge in [-0.25, -0.2) is 0 Å². The molecule has 0 fully saturated rings. The van der Waals surface area contributed by atoms with Crippen molar-refractivity contribution in [1.82, 2.24) is 5.32 Å². The van der Waals surface area contributed by atoms with Crippen LogP contribution < -0.4 is 5.32 Å². The third-order valence-electron chi connectivity index (χ3n) is 1.85. The van der Waals surface area contributed by atoms with Crippen LogP contribution in [0.25, 0.3) is 6.08 Å². The molecule has 0 radical (unpaired) electrons. The van der Waals surface area contributed by atoms with Crippen LogP contribution in [0.2, 0.25) is 0 Å². The molecule has 16 heavy (non-hydrogen) atoms. The van der Waals surface area contributed by atoms with Gasteiger partial charge in [0.15, 0.2) is 0 Å². The zero-order chi connectivity index (χ0) is 12.2. The lowest BCUT2D eigenvalue weighted by Gasteiger charge is -2.18. The summed E-state index contributed by atoms with van der Waals surface area (Å²) in [5.41, 5.74) is 0.970. The van der Waals surface area contributed by atoms with Crippen molar-refractivity contribution in [2.24, 2.45) is 0 Å². The van der Waals surface area contributed by atoms with Crippen LogP contribution in [0.3, 0.4) is 0 Å². The summed E-state index contributed by atoms with van der Waals surface area (Å²) in [6.07, 6.45) is 3.86. The highest BCUT2D eigenvalue weighted by molar-refractivity contribution is 7.13. The van der Waals surface area contributed by atoms with Gasteiger partial charge in [-0.15, -0.1) is 0 Å². The Morgan fingerprint density at radius 3 is 2.75 bits per heavy atom. The lowest BCUT2D eigenvalue weighted by molar-refractivity contribution is -0.380. The number of nitro groups is 1. The Balaban J connectivity index is 2.47. The van der Waals surface area contributed by atoms with Crippen molar-refractivity contribution in [3.8, 4) is 0 Å². The molecule has 1 heterocycles. The van der Waals surface area contributed by atoms with Gasteiger partial charge in [0.2, 0.25) is 0 Å². The third kappa shape index (κ3) is 4.55. The predicted molar refractivity (Wildman–Crippen MR) is 67.8 cm³/mol. The maximum absolute atomic E-state index is 10.5. The maximum atomic E-state index is 10.5. The average molecular weight is 240 g/mol. The predicted octanol–water partition coefficient (Wildman–Crippen LogP) is 3.06. The van der Waals surface area contributed by atoms with Gasteiger partial charge in [-0.2, -0.15) is 0 Å². The van der Waals surface area contributed by atoms with E-state index in [0.29, 0.717) is 0 Å². The summed E-state index contributed by atoms with van der Waals surface area (Å²) >= 11 is 1.15. The van der Waals surface area contributed by atoms with E-state index in [-0.39, 0.29) is 15.5 Å². The van der Waals surface area contributed by atoms with Gasteiger partial charge in [-0.1, -0.05) is 23.5 Å². The van der Waals surface area contributed by atoms with Crippen LogP contribution in [0.15, 0.2) is 17.5 Å². The zero-order valence-electron chi connectivity index (χ0n) is 9.69. The van der Waals surface area contributed by atoms with E-state index in [1.165, 1.54) is 0 Å². The Labute approximate surface area is 99.1 Å². The molecular formula is C11H16N2O2S. The van der Waals surface area contributed by atoms with Gasteiger partial charge in [0.1, 0.15) is 0 Å². The summed E-state index contributed by atoms with van der Waals surface area (Å²) in [7, 11) is 0. The topological polar surface area (TPSA) is 55.2 Å². The molecule has 0 spiro atoms. The molecule has 0 aliphatic carbocycles. The minimum atomic E-state index is -0.366. The Morgan fingerprint density at radius 1 is 1.56 bits per heavy atom. The molecule has 0 aliphatic heterocycles. The van der Waals surface area contributed by atoms with Crippen molar-refractivity contribution in [3.05, 3.63) is 33.2 Å². The molecule has 0 bridgehead atoms. The van der Waals surface area contributed by atoms with E-state index in [4.69, 9.17) is 0 Å². The van der Waals surface area contributed by atoms with Crippen LogP contribution in [0.4, 0.5) is 5.00 Å². The molecule has 1 N–H and O–H groups in total. The molecule has 88 valence electrons. The second-order valence-corrected chi connectivity index (χ2v) is 5.40. The van der Waals surface area contributed by atoms with Crippen molar-refractivity contribution in [2.45, 2.75) is 26.3 Å². The van der Waals surface area contributed by atoms with E-state index in [2.05, 4.69) is 26.1 Å². The molecule has 1 aromatic heterocycles. The quantitative estimate of drug-likeness (QED) is 0.650. The molecule has 0 amide bonds. The molecule has 0 aromatic carbocycles. The molecule has 0 atom stereocenters. The smallest absolute Gasteiger partial charge is 0.309 e. The van der Waals surface area contributed by atoms with Crippen LogP contribution in [-0.2, 0) is 0 Å². The third-order valence-corrected chi connectivity index (χ3v) is 2.74. The van der Waals surface area contributed by atoms with Gasteiger partial charge < -0.3 is 5.32 Å². The summed E-state index contributed by atoms with van der Waals surface area (Å²) in [6.45, 7) is 7.04. The van der Waals surface area contributed by atoms with Crippen molar-refractivity contribution < 1.29 is 4.92 Å². The normalized spacial score (nSPS) is 12.2. The first kappa shape index (κ1) is 12.9. The van der Waals surface area contributed by atoms with Crippen LogP contribution in [0.1, 0.15) is 26.3 Å². The lowest BCUT2D eigenvalue weighted by Crippen LogP contribution is -2.35. The van der Waals surface area contributed by atoms with Crippen molar-refractivity contribution in [1.29, 1.82) is 0 Å². The fourth-order valence-corrected chi connectivity index (χ4v) is 1.78. The highest BCUT2D eigenvalue weighted by Crippen LogP contribution is 2.23. The van der Waals surface area contributed by atoms with Gasteiger partial charge in [-0.3, -0.25) is 10.1 Å².